The van der Waals surface area contributed by atoms with Gasteiger partial charge in [0.1, 0.15) is 6.07 Å². The molecule has 0 aliphatic rings. The molecule has 86 valence electrons. The van der Waals surface area contributed by atoms with Crippen LogP contribution < -0.4 is 5.32 Å². The van der Waals surface area contributed by atoms with Gasteiger partial charge in [-0.2, -0.15) is 17.0 Å². The summed E-state index contributed by atoms with van der Waals surface area (Å²) in [5.74, 6) is 1.80. The van der Waals surface area contributed by atoms with Gasteiger partial charge in [-0.15, -0.1) is 0 Å². The van der Waals surface area contributed by atoms with Gasteiger partial charge in [0.15, 0.2) is 0 Å². The number of thioether (sulfide) groups is 1. The fraction of sp³-hybridized carbons (Fsp3) is 0.417. The summed E-state index contributed by atoms with van der Waals surface area (Å²) in [6, 6.07) is 7.84. The van der Waals surface area contributed by atoms with Crippen molar-refractivity contribution >= 4 is 33.4 Å². The van der Waals surface area contributed by atoms with Crippen LogP contribution in [0.4, 0.5) is 5.69 Å². The van der Waals surface area contributed by atoms with Crippen LogP contribution in [0, 0.1) is 17.2 Å². The Balaban J connectivity index is 2.56. The molecule has 0 heterocycles. The van der Waals surface area contributed by atoms with Crippen molar-refractivity contribution in [1.82, 2.24) is 0 Å². The van der Waals surface area contributed by atoms with E-state index in [-0.39, 0.29) is 0 Å². The minimum absolute atomic E-state index is 0.643. The van der Waals surface area contributed by atoms with Crippen LogP contribution in [0.5, 0.6) is 0 Å². The molecule has 0 spiro atoms. The summed E-state index contributed by atoms with van der Waals surface area (Å²) in [6.07, 6.45) is 2.12. The maximum atomic E-state index is 8.79. The number of nitriles is 1. The summed E-state index contributed by atoms with van der Waals surface area (Å²) in [5, 5.41) is 12.2. The highest BCUT2D eigenvalue weighted by molar-refractivity contribution is 9.10. The second kappa shape index (κ2) is 6.82. The third-order valence-corrected chi connectivity index (χ3v) is 3.75. The van der Waals surface area contributed by atoms with Gasteiger partial charge in [0.25, 0.3) is 0 Å². The fourth-order valence-corrected chi connectivity index (χ4v) is 2.51. The van der Waals surface area contributed by atoms with Crippen LogP contribution in [0.25, 0.3) is 0 Å². The summed E-state index contributed by atoms with van der Waals surface area (Å²) < 4.78 is 0.845. The van der Waals surface area contributed by atoms with Crippen molar-refractivity contribution in [1.29, 1.82) is 5.26 Å². The first-order valence-corrected chi connectivity index (χ1v) is 7.28. The molecule has 0 aliphatic carbocycles. The maximum Gasteiger partial charge on any atom is 0.100 e. The Morgan fingerprint density at radius 1 is 1.56 bits per heavy atom. The minimum Gasteiger partial charge on any atom is -0.385 e. The average Bonchev–Trinajstić information content (AvgIpc) is 2.27. The van der Waals surface area contributed by atoms with E-state index in [0.717, 1.165) is 22.5 Å². The molecular formula is C12H15BrN2S. The highest BCUT2D eigenvalue weighted by Crippen LogP contribution is 2.21. The van der Waals surface area contributed by atoms with Gasteiger partial charge in [0.2, 0.25) is 0 Å². The highest BCUT2D eigenvalue weighted by atomic mass is 79.9. The van der Waals surface area contributed by atoms with Crippen LogP contribution in [0.1, 0.15) is 12.5 Å². The van der Waals surface area contributed by atoms with Crippen molar-refractivity contribution in [2.45, 2.75) is 6.92 Å². The standard InChI is InChI=1S/C12H15BrN2S/c1-9(8-16-2)7-15-11-4-3-10(6-14)12(13)5-11/h3-5,9,15H,7-8H2,1-2H3. The van der Waals surface area contributed by atoms with Gasteiger partial charge in [-0.3, -0.25) is 0 Å². The molecule has 0 amide bonds. The molecule has 0 saturated carbocycles. The van der Waals surface area contributed by atoms with E-state index in [1.54, 1.807) is 0 Å². The Kier molecular flexibility index (Phi) is 5.72. The summed E-state index contributed by atoms with van der Waals surface area (Å²) in [4.78, 5) is 0. The maximum absolute atomic E-state index is 8.79. The molecule has 1 rings (SSSR count). The molecular weight excluding hydrogens is 284 g/mol. The molecule has 0 bridgehead atoms. The van der Waals surface area contributed by atoms with E-state index in [2.05, 4.69) is 40.5 Å². The van der Waals surface area contributed by atoms with Crippen molar-refractivity contribution in [3.8, 4) is 6.07 Å². The van der Waals surface area contributed by atoms with Crippen molar-refractivity contribution in [2.24, 2.45) is 5.92 Å². The molecule has 1 aromatic carbocycles. The summed E-state index contributed by atoms with van der Waals surface area (Å²) >= 11 is 5.24. The van der Waals surface area contributed by atoms with E-state index < -0.39 is 0 Å². The van der Waals surface area contributed by atoms with E-state index in [9.17, 15) is 0 Å². The van der Waals surface area contributed by atoms with Crippen molar-refractivity contribution < 1.29 is 0 Å². The molecule has 1 atom stereocenters. The average molecular weight is 299 g/mol. The molecule has 4 heteroatoms. The van der Waals surface area contributed by atoms with Gasteiger partial charge in [0, 0.05) is 16.7 Å². The zero-order valence-electron chi connectivity index (χ0n) is 9.46. The quantitative estimate of drug-likeness (QED) is 0.900. The molecule has 1 aromatic rings. The van der Waals surface area contributed by atoms with Crippen molar-refractivity contribution in [3.63, 3.8) is 0 Å². The normalized spacial score (nSPS) is 11.9. The Labute approximate surface area is 110 Å². The Morgan fingerprint density at radius 2 is 2.31 bits per heavy atom. The SMILES string of the molecule is CSCC(C)CNc1ccc(C#N)c(Br)c1. The van der Waals surface area contributed by atoms with Crippen LogP contribution in [-0.4, -0.2) is 18.6 Å². The predicted molar refractivity (Wildman–Crippen MR) is 74.9 cm³/mol. The molecule has 2 nitrogen and oxygen atoms in total. The second-order valence-electron chi connectivity index (χ2n) is 3.75. The van der Waals surface area contributed by atoms with Gasteiger partial charge < -0.3 is 5.32 Å². The largest absolute Gasteiger partial charge is 0.385 e. The van der Waals surface area contributed by atoms with Crippen LogP contribution >= 0.6 is 27.7 Å². The molecule has 0 fully saturated rings. The number of benzene rings is 1. The Hall–Kier alpha value is -0.660. The van der Waals surface area contributed by atoms with Crippen LogP contribution in [0.3, 0.4) is 0 Å². The summed E-state index contributed by atoms with van der Waals surface area (Å²) in [7, 11) is 0. The molecule has 0 saturated heterocycles. The Bertz CT molecular complexity index is 387. The van der Waals surface area contributed by atoms with E-state index in [1.165, 1.54) is 0 Å². The van der Waals surface area contributed by atoms with Gasteiger partial charge in [-0.1, -0.05) is 6.92 Å². The topological polar surface area (TPSA) is 35.8 Å². The molecule has 1 unspecified atom stereocenters. The highest BCUT2D eigenvalue weighted by Gasteiger charge is 2.03. The molecule has 0 radical (unpaired) electrons. The van der Waals surface area contributed by atoms with E-state index in [4.69, 9.17) is 5.26 Å². The van der Waals surface area contributed by atoms with Crippen molar-refractivity contribution in [3.05, 3.63) is 28.2 Å². The fourth-order valence-electron chi connectivity index (χ4n) is 1.35. The molecule has 1 N–H and O–H groups in total. The number of nitrogens with zero attached hydrogens (tertiary/aromatic N) is 1. The lowest BCUT2D eigenvalue weighted by Crippen LogP contribution is -2.13. The van der Waals surface area contributed by atoms with E-state index >= 15 is 0 Å². The van der Waals surface area contributed by atoms with Gasteiger partial charge in [-0.25, -0.2) is 0 Å². The number of hydrogen-bond donors (Lipinski definition) is 1. The lowest BCUT2D eigenvalue weighted by Gasteiger charge is -2.12. The van der Waals surface area contributed by atoms with E-state index in [0.29, 0.717) is 11.5 Å². The van der Waals surface area contributed by atoms with Gasteiger partial charge >= 0.3 is 0 Å². The predicted octanol–water partition coefficient (Wildman–Crippen LogP) is 3.73. The minimum atomic E-state index is 0.643. The number of rotatable bonds is 5. The monoisotopic (exact) mass is 298 g/mol. The number of anilines is 1. The number of hydrogen-bond acceptors (Lipinski definition) is 3. The van der Waals surface area contributed by atoms with Crippen LogP contribution in [0.15, 0.2) is 22.7 Å². The first kappa shape index (κ1) is 13.4. The lowest BCUT2D eigenvalue weighted by molar-refractivity contribution is 0.701. The lowest BCUT2D eigenvalue weighted by atomic mass is 10.2. The Morgan fingerprint density at radius 3 is 2.88 bits per heavy atom. The van der Waals surface area contributed by atoms with Gasteiger partial charge in [-0.05, 0) is 52.1 Å². The number of halogens is 1. The first-order valence-electron chi connectivity index (χ1n) is 5.09. The zero-order valence-corrected chi connectivity index (χ0v) is 11.9. The first-order chi connectivity index (χ1) is 7.67. The van der Waals surface area contributed by atoms with Crippen molar-refractivity contribution in [2.75, 3.05) is 23.9 Å². The van der Waals surface area contributed by atoms with Crippen LogP contribution in [0.2, 0.25) is 0 Å². The molecule has 0 aromatic heterocycles. The molecule has 0 aliphatic heterocycles. The second-order valence-corrected chi connectivity index (χ2v) is 5.51. The third kappa shape index (κ3) is 4.07. The summed E-state index contributed by atoms with van der Waals surface area (Å²) in [6.45, 7) is 3.18. The van der Waals surface area contributed by atoms with Gasteiger partial charge in [0.05, 0.1) is 5.56 Å². The third-order valence-electron chi connectivity index (χ3n) is 2.20. The smallest absolute Gasteiger partial charge is 0.100 e. The van der Waals surface area contributed by atoms with E-state index in [1.807, 2.05) is 30.0 Å². The molecule has 16 heavy (non-hydrogen) atoms. The summed E-state index contributed by atoms with van der Waals surface area (Å²) in [5.41, 5.74) is 1.72. The number of nitrogens with one attached hydrogen (secondary N) is 1. The zero-order chi connectivity index (χ0) is 12.0. The van der Waals surface area contributed by atoms with Crippen LogP contribution in [-0.2, 0) is 0 Å².